The summed E-state index contributed by atoms with van der Waals surface area (Å²) in [4.78, 5) is 23.9. The molecule has 140 valence electrons. The van der Waals surface area contributed by atoms with Crippen LogP contribution in [0.1, 0.15) is 20.3 Å². The van der Waals surface area contributed by atoms with Gasteiger partial charge in [-0.05, 0) is 24.1 Å². The molecule has 2 rings (SSSR count). The summed E-state index contributed by atoms with van der Waals surface area (Å²) in [5.41, 5.74) is 0.504. The highest BCUT2D eigenvalue weighted by Crippen LogP contribution is 2.29. The average Bonchev–Trinajstić information content (AvgIpc) is 2.99. The Morgan fingerprint density at radius 3 is 2.73 bits per heavy atom. The number of amides is 2. The lowest BCUT2D eigenvalue weighted by atomic mass is 10.1. The van der Waals surface area contributed by atoms with Gasteiger partial charge in [-0.2, -0.15) is 0 Å². The quantitative estimate of drug-likeness (QED) is 0.502. The monoisotopic (exact) mass is 414 g/mol. The van der Waals surface area contributed by atoms with Crippen molar-refractivity contribution in [3.8, 4) is 5.75 Å². The molecule has 0 unspecified atom stereocenters. The maximum Gasteiger partial charge on any atom is 0.234 e. The van der Waals surface area contributed by atoms with Gasteiger partial charge in [-0.1, -0.05) is 48.5 Å². The lowest BCUT2D eigenvalue weighted by Gasteiger charge is -2.09. The Kier molecular flexibility index (Phi) is 7.67. The average molecular weight is 415 g/mol. The maximum atomic E-state index is 12.1. The standard InChI is InChI=1S/C16H19ClN4O3S2/c1-9(2)6-13(22)19-15-20-21-16(26-15)25-8-14(23)18-11-7-10(17)4-5-12(11)24-3/h4-5,7,9H,6,8H2,1-3H3,(H,18,23)(H,19,20,22). The number of aromatic nitrogens is 2. The minimum absolute atomic E-state index is 0.0986. The number of nitrogens with one attached hydrogen (secondary N) is 2. The van der Waals surface area contributed by atoms with Crippen LogP contribution in [0.3, 0.4) is 0 Å². The molecule has 1 aromatic carbocycles. The van der Waals surface area contributed by atoms with Gasteiger partial charge in [0.1, 0.15) is 5.75 Å². The number of hydrogen-bond acceptors (Lipinski definition) is 7. The van der Waals surface area contributed by atoms with Crippen LogP contribution in [0.4, 0.5) is 10.8 Å². The molecule has 0 aliphatic heterocycles. The van der Waals surface area contributed by atoms with E-state index in [1.54, 1.807) is 18.2 Å². The summed E-state index contributed by atoms with van der Waals surface area (Å²) in [5, 5.41) is 14.3. The molecule has 1 heterocycles. The lowest BCUT2D eigenvalue weighted by molar-refractivity contribution is -0.117. The van der Waals surface area contributed by atoms with Gasteiger partial charge in [0, 0.05) is 11.4 Å². The highest BCUT2D eigenvalue weighted by atomic mass is 35.5. The summed E-state index contributed by atoms with van der Waals surface area (Å²) in [6.07, 6.45) is 0.423. The Balaban J connectivity index is 1.86. The topological polar surface area (TPSA) is 93.2 Å². The highest BCUT2D eigenvalue weighted by Gasteiger charge is 2.13. The van der Waals surface area contributed by atoms with Crippen molar-refractivity contribution in [3.63, 3.8) is 0 Å². The van der Waals surface area contributed by atoms with Crippen LogP contribution in [0, 0.1) is 5.92 Å². The number of hydrogen-bond donors (Lipinski definition) is 2. The number of thioether (sulfide) groups is 1. The first-order valence-electron chi connectivity index (χ1n) is 7.77. The molecule has 0 fully saturated rings. The number of ether oxygens (including phenoxy) is 1. The Morgan fingerprint density at radius 2 is 2.04 bits per heavy atom. The molecule has 0 radical (unpaired) electrons. The van der Waals surface area contributed by atoms with Crippen LogP contribution in [-0.2, 0) is 9.59 Å². The van der Waals surface area contributed by atoms with Crippen LogP contribution in [0.2, 0.25) is 5.02 Å². The fraction of sp³-hybridized carbons (Fsp3) is 0.375. The normalized spacial score (nSPS) is 10.7. The van der Waals surface area contributed by atoms with Crippen LogP contribution >= 0.6 is 34.7 Å². The van der Waals surface area contributed by atoms with E-state index in [1.165, 1.54) is 30.2 Å². The number of benzene rings is 1. The SMILES string of the molecule is COc1ccc(Cl)cc1NC(=O)CSc1nnc(NC(=O)CC(C)C)s1. The minimum Gasteiger partial charge on any atom is -0.495 e. The van der Waals surface area contributed by atoms with E-state index in [4.69, 9.17) is 16.3 Å². The van der Waals surface area contributed by atoms with Crippen molar-refractivity contribution in [2.24, 2.45) is 5.92 Å². The molecule has 0 bridgehead atoms. The summed E-state index contributed by atoms with van der Waals surface area (Å²) >= 11 is 8.41. The summed E-state index contributed by atoms with van der Waals surface area (Å²) in [6, 6.07) is 4.99. The largest absolute Gasteiger partial charge is 0.495 e. The molecule has 0 aliphatic carbocycles. The zero-order chi connectivity index (χ0) is 19.1. The van der Waals surface area contributed by atoms with E-state index in [9.17, 15) is 9.59 Å². The number of carbonyl (C=O) groups excluding carboxylic acids is 2. The summed E-state index contributed by atoms with van der Waals surface area (Å²) in [7, 11) is 1.52. The van der Waals surface area contributed by atoms with Crippen molar-refractivity contribution in [1.82, 2.24) is 10.2 Å². The second-order valence-corrected chi connectivity index (χ2v) is 8.34. The molecule has 0 atom stereocenters. The molecule has 26 heavy (non-hydrogen) atoms. The third-order valence-corrected chi connectivity index (χ3v) is 5.22. The minimum atomic E-state index is -0.226. The zero-order valence-electron chi connectivity index (χ0n) is 14.5. The molecule has 1 aromatic heterocycles. The Morgan fingerprint density at radius 1 is 1.27 bits per heavy atom. The maximum absolute atomic E-state index is 12.1. The number of rotatable bonds is 8. The van der Waals surface area contributed by atoms with Crippen molar-refractivity contribution < 1.29 is 14.3 Å². The summed E-state index contributed by atoms with van der Waals surface area (Å²) in [6.45, 7) is 3.93. The molecule has 0 saturated carbocycles. The van der Waals surface area contributed by atoms with E-state index in [0.717, 1.165) is 0 Å². The smallest absolute Gasteiger partial charge is 0.234 e. The van der Waals surface area contributed by atoms with Gasteiger partial charge in [-0.15, -0.1) is 10.2 Å². The first-order valence-corrected chi connectivity index (χ1v) is 9.95. The summed E-state index contributed by atoms with van der Waals surface area (Å²) in [5.74, 6) is 0.613. The van der Waals surface area contributed by atoms with E-state index in [2.05, 4.69) is 20.8 Å². The Hall–Kier alpha value is -1.84. The van der Waals surface area contributed by atoms with Crippen molar-refractivity contribution in [2.45, 2.75) is 24.6 Å². The predicted molar refractivity (Wildman–Crippen MR) is 105 cm³/mol. The molecular weight excluding hydrogens is 396 g/mol. The third kappa shape index (κ3) is 6.47. The second-order valence-electron chi connectivity index (χ2n) is 5.70. The molecule has 0 saturated heterocycles. The molecule has 7 nitrogen and oxygen atoms in total. The molecule has 10 heteroatoms. The first-order chi connectivity index (χ1) is 12.4. The van der Waals surface area contributed by atoms with Gasteiger partial charge in [0.2, 0.25) is 16.9 Å². The fourth-order valence-electron chi connectivity index (χ4n) is 1.95. The molecule has 0 spiro atoms. The number of nitrogens with zero attached hydrogens (tertiary/aromatic N) is 2. The van der Waals surface area contributed by atoms with E-state index in [0.29, 0.717) is 32.4 Å². The molecule has 0 aliphatic rings. The van der Waals surface area contributed by atoms with Gasteiger partial charge in [0.05, 0.1) is 18.6 Å². The predicted octanol–water partition coefficient (Wildman–Crippen LogP) is 3.92. The Bertz CT molecular complexity index is 783. The molecule has 2 N–H and O–H groups in total. The van der Waals surface area contributed by atoms with Crippen LogP contribution in [0.25, 0.3) is 0 Å². The van der Waals surface area contributed by atoms with Crippen LogP contribution in [0.15, 0.2) is 22.5 Å². The van der Waals surface area contributed by atoms with Crippen molar-refractivity contribution in [2.75, 3.05) is 23.5 Å². The fourth-order valence-corrected chi connectivity index (χ4v) is 3.69. The number of anilines is 2. The van der Waals surface area contributed by atoms with Crippen LogP contribution < -0.4 is 15.4 Å². The Labute approximate surface area is 164 Å². The van der Waals surface area contributed by atoms with Crippen LogP contribution in [-0.4, -0.2) is 34.9 Å². The van der Waals surface area contributed by atoms with E-state index in [-0.39, 0.29) is 23.5 Å². The zero-order valence-corrected chi connectivity index (χ0v) is 16.9. The third-order valence-electron chi connectivity index (χ3n) is 3.01. The van der Waals surface area contributed by atoms with Gasteiger partial charge in [-0.3, -0.25) is 9.59 Å². The first kappa shape index (κ1) is 20.5. The van der Waals surface area contributed by atoms with E-state index >= 15 is 0 Å². The molecule has 2 aromatic rings. The van der Waals surface area contributed by atoms with E-state index in [1.807, 2.05) is 13.8 Å². The second kappa shape index (κ2) is 9.75. The van der Waals surface area contributed by atoms with Crippen LogP contribution in [0.5, 0.6) is 5.75 Å². The van der Waals surface area contributed by atoms with Crippen molar-refractivity contribution in [3.05, 3.63) is 23.2 Å². The van der Waals surface area contributed by atoms with Gasteiger partial charge >= 0.3 is 0 Å². The summed E-state index contributed by atoms with van der Waals surface area (Å²) < 4.78 is 5.79. The lowest BCUT2D eigenvalue weighted by Crippen LogP contribution is -2.14. The highest BCUT2D eigenvalue weighted by molar-refractivity contribution is 8.01. The van der Waals surface area contributed by atoms with Crippen molar-refractivity contribution >= 4 is 57.3 Å². The van der Waals surface area contributed by atoms with Gasteiger partial charge in [0.15, 0.2) is 4.34 Å². The molecule has 2 amide bonds. The number of methoxy groups -OCH3 is 1. The van der Waals surface area contributed by atoms with E-state index < -0.39 is 0 Å². The van der Waals surface area contributed by atoms with Crippen molar-refractivity contribution in [1.29, 1.82) is 0 Å². The molecular formula is C16H19ClN4O3S2. The number of halogens is 1. The number of carbonyl (C=O) groups is 2. The van der Waals surface area contributed by atoms with Gasteiger partial charge in [-0.25, -0.2) is 0 Å². The van der Waals surface area contributed by atoms with Gasteiger partial charge < -0.3 is 15.4 Å². The van der Waals surface area contributed by atoms with Gasteiger partial charge in [0.25, 0.3) is 0 Å².